The first-order chi connectivity index (χ1) is 10.4. The van der Waals surface area contributed by atoms with E-state index in [9.17, 15) is 8.42 Å². The topological polar surface area (TPSA) is 64.0 Å². The summed E-state index contributed by atoms with van der Waals surface area (Å²) < 4.78 is 29.4. The summed E-state index contributed by atoms with van der Waals surface area (Å²) in [5.41, 5.74) is 1.95. The number of aryl methyl sites for hydroxylation is 1. The molecule has 0 aliphatic heterocycles. The highest BCUT2D eigenvalue weighted by molar-refractivity contribution is 7.92. The lowest BCUT2D eigenvalue weighted by molar-refractivity contribution is 0.600. The molecule has 0 radical (unpaired) electrons. The largest absolute Gasteiger partial charge is 0.280 e. The second-order valence-electron chi connectivity index (χ2n) is 5.01. The molecule has 1 heterocycles. The van der Waals surface area contributed by atoms with Crippen LogP contribution in [0.4, 0.5) is 5.69 Å². The second kappa shape index (κ2) is 5.30. The van der Waals surface area contributed by atoms with Gasteiger partial charge in [0.05, 0.1) is 16.6 Å². The van der Waals surface area contributed by atoms with Crippen molar-refractivity contribution < 1.29 is 8.42 Å². The molecule has 0 aliphatic carbocycles. The third-order valence-electron chi connectivity index (χ3n) is 3.51. The van der Waals surface area contributed by atoms with Crippen molar-refractivity contribution in [3.63, 3.8) is 0 Å². The lowest BCUT2D eigenvalue weighted by Gasteiger charge is -2.11. The van der Waals surface area contributed by atoms with Gasteiger partial charge in [-0.3, -0.25) is 9.40 Å². The first kappa shape index (κ1) is 14.9. The van der Waals surface area contributed by atoms with Crippen molar-refractivity contribution in [1.29, 1.82) is 0 Å². The Labute approximate surface area is 133 Å². The van der Waals surface area contributed by atoms with Crippen LogP contribution in [-0.2, 0) is 17.1 Å². The molecule has 0 unspecified atom stereocenters. The fraction of sp³-hybridized carbons (Fsp3) is 0.133. The van der Waals surface area contributed by atoms with Crippen LogP contribution in [0.1, 0.15) is 5.56 Å². The summed E-state index contributed by atoms with van der Waals surface area (Å²) in [4.78, 5) is 0.172. The summed E-state index contributed by atoms with van der Waals surface area (Å²) in [5.74, 6) is 0. The number of hydrogen-bond acceptors (Lipinski definition) is 3. The van der Waals surface area contributed by atoms with Gasteiger partial charge in [-0.2, -0.15) is 5.10 Å². The number of rotatable bonds is 3. The van der Waals surface area contributed by atoms with Crippen LogP contribution in [0, 0.1) is 6.92 Å². The molecule has 2 aromatic carbocycles. The Morgan fingerprint density at radius 2 is 2.00 bits per heavy atom. The molecule has 1 aromatic heterocycles. The number of sulfonamides is 1. The molecule has 3 aromatic rings. The number of benzene rings is 2. The van der Waals surface area contributed by atoms with E-state index in [-0.39, 0.29) is 4.90 Å². The molecule has 0 aliphatic rings. The van der Waals surface area contributed by atoms with Crippen molar-refractivity contribution >= 4 is 38.2 Å². The van der Waals surface area contributed by atoms with Gasteiger partial charge in [0.25, 0.3) is 10.0 Å². The monoisotopic (exact) mass is 335 g/mol. The van der Waals surface area contributed by atoms with Crippen LogP contribution in [-0.4, -0.2) is 18.2 Å². The zero-order chi connectivity index (χ0) is 15.9. The van der Waals surface area contributed by atoms with Gasteiger partial charge in [-0.1, -0.05) is 17.7 Å². The minimum atomic E-state index is -3.69. The van der Waals surface area contributed by atoms with Crippen LogP contribution < -0.4 is 4.72 Å². The van der Waals surface area contributed by atoms with Crippen molar-refractivity contribution in [2.45, 2.75) is 11.8 Å². The quantitative estimate of drug-likeness (QED) is 0.798. The zero-order valence-electron chi connectivity index (χ0n) is 12.0. The van der Waals surface area contributed by atoms with Gasteiger partial charge in [-0.15, -0.1) is 0 Å². The van der Waals surface area contributed by atoms with Gasteiger partial charge in [0.1, 0.15) is 0 Å². The third-order valence-corrected chi connectivity index (χ3v) is 5.44. The zero-order valence-corrected chi connectivity index (χ0v) is 13.6. The van der Waals surface area contributed by atoms with Crippen LogP contribution >= 0.6 is 11.6 Å². The van der Waals surface area contributed by atoms with Crippen molar-refractivity contribution in [2.24, 2.45) is 7.05 Å². The second-order valence-corrected chi connectivity index (χ2v) is 7.07. The molecule has 0 saturated carbocycles. The lowest BCUT2D eigenvalue weighted by atomic mass is 10.2. The van der Waals surface area contributed by atoms with E-state index in [1.807, 2.05) is 13.1 Å². The first-order valence-electron chi connectivity index (χ1n) is 6.58. The van der Waals surface area contributed by atoms with Gasteiger partial charge in [0.2, 0.25) is 0 Å². The molecular formula is C15H14ClN3O2S. The van der Waals surface area contributed by atoms with Gasteiger partial charge in [-0.05, 0) is 42.8 Å². The summed E-state index contributed by atoms with van der Waals surface area (Å²) in [6, 6.07) is 10.1. The molecule has 0 fully saturated rings. The average molecular weight is 336 g/mol. The maximum atomic E-state index is 12.5. The first-order valence-corrected chi connectivity index (χ1v) is 8.44. The predicted octanol–water partition coefficient (Wildman–Crippen LogP) is 3.34. The Morgan fingerprint density at radius 1 is 1.23 bits per heavy atom. The van der Waals surface area contributed by atoms with E-state index in [0.717, 1.165) is 10.9 Å². The fourth-order valence-electron chi connectivity index (χ4n) is 2.32. The maximum absolute atomic E-state index is 12.5. The Balaban J connectivity index is 2.01. The van der Waals surface area contributed by atoms with E-state index >= 15 is 0 Å². The fourth-order valence-corrected chi connectivity index (χ4v) is 3.86. The molecule has 0 atom stereocenters. The Morgan fingerprint density at radius 3 is 2.77 bits per heavy atom. The maximum Gasteiger partial charge on any atom is 0.262 e. The normalized spacial score (nSPS) is 11.8. The molecule has 0 bridgehead atoms. The van der Waals surface area contributed by atoms with Crippen LogP contribution in [0.3, 0.4) is 0 Å². The molecule has 22 heavy (non-hydrogen) atoms. The molecule has 7 heteroatoms. The average Bonchev–Trinajstić information content (AvgIpc) is 2.82. The molecule has 1 N–H and O–H groups in total. The van der Waals surface area contributed by atoms with Gasteiger partial charge in [-0.25, -0.2) is 8.42 Å². The SMILES string of the molecule is Cc1c(Cl)cccc1S(=O)(=O)Nc1ccc2c(cnn2C)c1. The Kier molecular flexibility index (Phi) is 3.58. The number of aromatic nitrogens is 2. The Hall–Kier alpha value is -2.05. The molecule has 114 valence electrons. The summed E-state index contributed by atoms with van der Waals surface area (Å²) in [6.07, 6.45) is 1.69. The molecule has 5 nitrogen and oxygen atoms in total. The van der Waals surface area contributed by atoms with Crippen LogP contribution in [0.15, 0.2) is 47.5 Å². The number of hydrogen-bond donors (Lipinski definition) is 1. The van der Waals surface area contributed by atoms with Crippen LogP contribution in [0.2, 0.25) is 5.02 Å². The van der Waals surface area contributed by atoms with E-state index in [0.29, 0.717) is 16.3 Å². The van der Waals surface area contributed by atoms with Crippen molar-refractivity contribution in [1.82, 2.24) is 9.78 Å². The highest BCUT2D eigenvalue weighted by Gasteiger charge is 2.18. The third kappa shape index (κ3) is 2.55. The van der Waals surface area contributed by atoms with E-state index in [1.54, 1.807) is 42.1 Å². The number of nitrogens with zero attached hydrogens (tertiary/aromatic N) is 2. The van der Waals surface area contributed by atoms with Gasteiger partial charge < -0.3 is 0 Å². The van der Waals surface area contributed by atoms with E-state index in [4.69, 9.17) is 11.6 Å². The summed E-state index contributed by atoms with van der Waals surface area (Å²) in [6.45, 7) is 1.68. The van der Waals surface area contributed by atoms with Gasteiger partial charge in [0.15, 0.2) is 0 Å². The Bertz CT molecular complexity index is 964. The van der Waals surface area contributed by atoms with Crippen LogP contribution in [0.25, 0.3) is 10.9 Å². The molecule has 0 amide bonds. The van der Waals surface area contributed by atoms with Crippen molar-refractivity contribution in [2.75, 3.05) is 4.72 Å². The molecular weight excluding hydrogens is 322 g/mol. The molecule has 3 rings (SSSR count). The minimum Gasteiger partial charge on any atom is -0.280 e. The van der Waals surface area contributed by atoms with Gasteiger partial charge in [0, 0.05) is 23.1 Å². The summed E-state index contributed by atoms with van der Waals surface area (Å²) in [5, 5.41) is 5.43. The van der Waals surface area contributed by atoms with E-state index in [1.165, 1.54) is 6.07 Å². The molecule has 0 spiro atoms. The predicted molar refractivity (Wildman–Crippen MR) is 87.7 cm³/mol. The molecule has 0 saturated heterocycles. The highest BCUT2D eigenvalue weighted by atomic mass is 35.5. The smallest absolute Gasteiger partial charge is 0.262 e. The van der Waals surface area contributed by atoms with E-state index in [2.05, 4.69) is 9.82 Å². The number of fused-ring (bicyclic) bond motifs is 1. The van der Waals surface area contributed by atoms with Crippen molar-refractivity contribution in [3.05, 3.63) is 53.2 Å². The summed E-state index contributed by atoms with van der Waals surface area (Å²) in [7, 11) is -1.86. The minimum absolute atomic E-state index is 0.172. The number of halogens is 1. The number of nitrogens with one attached hydrogen (secondary N) is 1. The lowest BCUT2D eigenvalue weighted by Crippen LogP contribution is -2.14. The highest BCUT2D eigenvalue weighted by Crippen LogP contribution is 2.26. The van der Waals surface area contributed by atoms with Crippen molar-refractivity contribution in [3.8, 4) is 0 Å². The standard InChI is InChI=1S/C15H14ClN3O2S/c1-10-13(16)4-3-5-15(10)22(20,21)18-12-6-7-14-11(8-12)9-17-19(14)2/h3-9,18H,1-2H3. The van der Waals surface area contributed by atoms with Gasteiger partial charge >= 0.3 is 0 Å². The van der Waals surface area contributed by atoms with E-state index < -0.39 is 10.0 Å². The van der Waals surface area contributed by atoms with Crippen LogP contribution in [0.5, 0.6) is 0 Å². The summed E-state index contributed by atoms with van der Waals surface area (Å²) >= 11 is 6.00. The number of anilines is 1.